The second-order valence-electron chi connectivity index (χ2n) is 5.15. The molecule has 7 heteroatoms. The number of Topliss-reactive ketones (excluding diaryl/α,β-unsaturated/α-hetero) is 1. The highest BCUT2D eigenvalue weighted by atomic mass is 127. The number of rotatable bonds is 10. The van der Waals surface area contributed by atoms with Crippen LogP contribution in [-0.2, 0) is 41.9 Å². The Hall–Kier alpha value is -1.77. The van der Waals surface area contributed by atoms with Crippen molar-refractivity contribution in [3.05, 3.63) is 35.4 Å². The summed E-state index contributed by atoms with van der Waals surface area (Å²) < 4.78 is 10.2. The van der Waals surface area contributed by atoms with Gasteiger partial charge in [-0.05, 0) is 40.6 Å². The Balaban J connectivity index is 2.49. The smallest absolute Gasteiger partial charge is 0.306 e. The van der Waals surface area contributed by atoms with Gasteiger partial charge in [-0.3, -0.25) is 14.4 Å². The predicted molar refractivity (Wildman–Crippen MR) is 94.2 cm³/mol. The number of carbonyl (C=O) groups is 4. The van der Waals surface area contributed by atoms with Crippen molar-refractivity contribution < 1.29 is 28.7 Å². The van der Waals surface area contributed by atoms with Crippen LogP contribution in [0.15, 0.2) is 24.3 Å². The maximum Gasteiger partial charge on any atom is 0.306 e. The minimum absolute atomic E-state index is 0.0456. The van der Waals surface area contributed by atoms with Crippen molar-refractivity contribution in [3.8, 4) is 0 Å². The zero-order valence-electron chi connectivity index (χ0n) is 13.4. The SMILES string of the molecule is CC(=O)CCC(=O)OCc1ccccc1COC(=O)CCC(=O)I. The van der Waals surface area contributed by atoms with E-state index in [2.05, 4.69) is 0 Å². The van der Waals surface area contributed by atoms with E-state index in [4.69, 9.17) is 9.47 Å². The molecule has 6 nitrogen and oxygen atoms in total. The molecule has 0 aliphatic heterocycles. The average molecular weight is 446 g/mol. The topological polar surface area (TPSA) is 86.7 Å². The van der Waals surface area contributed by atoms with Gasteiger partial charge in [-0.25, -0.2) is 0 Å². The van der Waals surface area contributed by atoms with Crippen LogP contribution in [0.5, 0.6) is 0 Å². The molecule has 0 bridgehead atoms. The van der Waals surface area contributed by atoms with Gasteiger partial charge < -0.3 is 14.3 Å². The molecule has 24 heavy (non-hydrogen) atoms. The average Bonchev–Trinajstić information content (AvgIpc) is 2.55. The van der Waals surface area contributed by atoms with E-state index in [9.17, 15) is 19.2 Å². The molecule has 0 saturated carbocycles. The number of halogens is 1. The molecule has 0 heterocycles. The molecule has 1 rings (SSSR count). The molecule has 0 aliphatic rings. The van der Waals surface area contributed by atoms with E-state index in [0.717, 1.165) is 11.1 Å². The van der Waals surface area contributed by atoms with E-state index >= 15 is 0 Å². The van der Waals surface area contributed by atoms with Gasteiger partial charge in [0.15, 0.2) is 3.79 Å². The predicted octanol–water partition coefficient (Wildman–Crippen LogP) is 2.88. The molecular weight excluding hydrogens is 427 g/mol. The van der Waals surface area contributed by atoms with Crippen molar-refractivity contribution in [1.29, 1.82) is 0 Å². The summed E-state index contributed by atoms with van der Waals surface area (Å²) in [7, 11) is 0. The fourth-order valence-corrected chi connectivity index (χ4v) is 2.05. The monoisotopic (exact) mass is 446 g/mol. The van der Waals surface area contributed by atoms with Gasteiger partial charge in [0, 0.05) is 12.8 Å². The zero-order valence-corrected chi connectivity index (χ0v) is 15.5. The highest BCUT2D eigenvalue weighted by Crippen LogP contribution is 2.13. The molecule has 1 aromatic carbocycles. The van der Waals surface area contributed by atoms with Crippen LogP contribution in [0.1, 0.15) is 43.7 Å². The van der Waals surface area contributed by atoms with Crippen LogP contribution in [0.3, 0.4) is 0 Å². The Morgan fingerprint density at radius 1 is 0.833 bits per heavy atom. The van der Waals surface area contributed by atoms with Crippen LogP contribution in [0.25, 0.3) is 0 Å². The van der Waals surface area contributed by atoms with E-state index in [0.29, 0.717) is 0 Å². The number of hydrogen-bond donors (Lipinski definition) is 0. The molecule has 0 atom stereocenters. The molecular formula is C17H19IO6. The third kappa shape index (κ3) is 8.76. The Labute approximate surface area is 154 Å². The van der Waals surface area contributed by atoms with Gasteiger partial charge in [-0.2, -0.15) is 0 Å². The van der Waals surface area contributed by atoms with Gasteiger partial charge >= 0.3 is 11.9 Å². The Kier molecular flexibility index (Phi) is 9.21. The summed E-state index contributed by atoms with van der Waals surface area (Å²) >= 11 is 1.63. The molecule has 0 fully saturated rings. The summed E-state index contributed by atoms with van der Waals surface area (Å²) in [6.45, 7) is 1.52. The van der Waals surface area contributed by atoms with Crippen LogP contribution in [0.4, 0.5) is 0 Å². The Morgan fingerprint density at radius 3 is 1.71 bits per heavy atom. The number of carbonyl (C=O) groups excluding carboxylic acids is 4. The Bertz CT molecular complexity index is 558. The highest BCUT2D eigenvalue weighted by molar-refractivity contribution is 14.1. The van der Waals surface area contributed by atoms with E-state index in [1.54, 1.807) is 46.9 Å². The highest BCUT2D eigenvalue weighted by Gasteiger charge is 2.10. The van der Waals surface area contributed by atoms with Crippen LogP contribution < -0.4 is 0 Å². The summed E-state index contributed by atoms with van der Waals surface area (Å²) in [5, 5.41) is 0. The maximum absolute atomic E-state index is 11.6. The van der Waals surface area contributed by atoms with Gasteiger partial charge in [-0.1, -0.05) is 24.3 Å². The molecule has 0 N–H and O–H groups in total. The third-order valence-corrected chi connectivity index (χ3v) is 3.64. The second-order valence-corrected chi connectivity index (χ2v) is 6.35. The summed E-state index contributed by atoms with van der Waals surface area (Å²) in [4.78, 5) is 44.8. The van der Waals surface area contributed by atoms with Gasteiger partial charge in [0.2, 0.25) is 0 Å². The van der Waals surface area contributed by atoms with Crippen molar-refractivity contribution >= 4 is 44.1 Å². The van der Waals surface area contributed by atoms with Crippen LogP contribution in [0.2, 0.25) is 0 Å². The lowest BCUT2D eigenvalue weighted by molar-refractivity contribution is -0.147. The maximum atomic E-state index is 11.6. The molecule has 0 aliphatic carbocycles. The molecule has 0 amide bonds. The van der Waals surface area contributed by atoms with Gasteiger partial charge in [0.1, 0.15) is 19.0 Å². The first-order chi connectivity index (χ1) is 11.4. The largest absolute Gasteiger partial charge is 0.461 e. The van der Waals surface area contributed by atoms with Gasteiger partial charge in [0.05, 0.1) is 12.8 Å². The number of benzene rings is 1. The summed E-state index contributed by atoms with van der Waals surface area (Å²) in [6.07, 6.45) is 0.406. The van der Waals surface area contributed by atoms with Crippen LogP contribution in [0, 0.1) is 0 Å². The number of ether oxygens (including phenoxy) is 2. The summed E-state index contributed by atoms with van der Waals surface area (Å²) in [5.41, 5.74) is 1.46. The standard InChI is InChI=1S/C17H19IO6/c1-12(19)6-8-16(21)23-10-13-4-2-3-5-14(13)11-24-17(22)9-7-15(18)20/h2-5H,6-11H2,1H3. The van der Waals surface area contributed by atoms with Crippen molar-refractivity contribution in [2.45, 2.75) is 45.8 Å². The number of ketones is 1. The van der Waals surface area contributed by atoms with Crippen LogP contribution in [-0.4, -0.2) is 21.5 Å². The first-order valence-electron chi connectivity index (χ1n) is 7.44. The minimum atomic E-state index is -0.451. The second kappa shape index (κ2) is 10.9. The van der Waals surface area contributed by atoms with Gasteiger partial charge in [0.25, 0.3) is 0 Å². The van der Waals surface area contributed by atoms with Crippen molar-refractivity contribution in [3.63, 3.8) is 0 Å². The first kappa shape index (κ1) is 20.3. The Morgan fingerprint density at radius 2 is 1.29 bits per heavy atom. The molecule has 0 saturated heterocycles. The zero-order chi connectivity index (χ0) is 17.9. The van der Waals surface area contributed by atoms with E-state index in [1.165, 1.54) is 6.92 Å². The molecule has 1 aromatic rings. The van der Waals surface area contributed by atoms with E-state index < -0.39 is 11.9 Å². The van der Waals surface area contributed by atoms with E-state index in [1.807, 2.05) is 0 Å². The first-order valence-corrected chi connectivity index (χ1v) is 8.52. The van der Waals surface area contributed by atoms with Gasteiger partial charge in [-0.15, -0.1) is 0 Å². The molecule has 0 radical (unpaired) electrons. The van der Waals surface area contributed by atoms with Crippen molar-refractivity contribution in [2.75, 3.05) is 0 Å². The summed E-state index contributed by atoms with van der Waals surface area (Å²) in [6, 6.07) is 7.13. The summed E-state index contributed by atoms with van der Waals surface area (Å²) in [5.74, 6) is -0.963. The fraction of sp³-hybridized carbons (Fsp3) is 0.412. The molecule has 0 aromatic heterocycles. The lowest BCUT2D eigenvalue weighted by atomic mass is 10.1. The quantitative estimate of drug-likeness (QED) is 0.312. The lowest BCUT2D eigenvalue weighted by Gasteiger charge is -2.11. The number of esters is 2. The number of hydrogen-bond acceptors (Lipinski definition) is 6. The molecule has 130 valence electrons. The van der Waals surface area contributed by atoms with E-state index in [-0.39, 0.29) is 48.5 Å². The minimum Gasteiger partial charge on any atom is -0.461 e. The fourth-order valence-electron chi connectivity index (χ4n) is 1.78. The lowest BCUT2D eigenvalue weighted by Crippen LogP contribution is -2.10. The van der Waals surface area contributed by atoms with Crippen LogP contribution >= 0.6 is 22.6 Å². The third-order valence-electron chi connectivity index (χ3n) is 3.10. The normalized spacial score (nSPS) is 10.1. The van der Waals surface area contributed by atoms with Crippen molar-refractivity contribution in [1.82, 2.24) is 0 Å². The molecule has 0 unspecified atom stereocenters. The molecule has 0 spiro atoms. The van der Waals surface area contributed by atoms with Crippen molar-refractivity contribution in [2.24, 2.45) is 0 Å².